The van der Waals surface area contributed by atoms with E-state index in [9.17, 15) is 13.2 Å². The molecule has 0 bridgehead atoms. The molecule has 0 radical (unpaired) electrons. The third-order valence-corrected chi connectivity index (χ3v) is 2.96. The second-order valence-corrected chi connectivity index (χ2v) is 4.98. The number of nitrogens with zero attached hydrogens (tertiary/aromatic N) is 2. The van der Waals surface area contributed by atoms with Gasteiger partial charge in [0.1, 0.15) is 5.82 Å². The van der Waals surface area contributed by atoms with Crippen LogP contribution in [0.4, 0.5) is 19.0 Å². The standard InChI is InChI=1S/C11H13BrClF3N2O/c1-19-5-4-18(3-2-13)10-9(11(14,15)16)6-8(12)7-17-10/h6-7H,2-5H2,1H3. The topological polar surface area (TPSA) is 25.4 Å². The summed E-state index contributed by atoms with van der Waals surface area (Å²) < 4.78 is 44.2. The van der Waals surface area contributed by atoms with Gasteiger partial charge < -0.3 is 9.64 Å². The quantitative estimate of drug-likeness (QED) is 0.725. The minimum atomic E-state index is -4.47. The second kappa shape index (κ2) is 7.31. The summed E-state index contributed by atoms with van der Waals surface area (Å²) >= 11 is 8.62. The van der Waals surface area contributed by atoms with Crippen LogP contribution in [0.25, 0.3) is 0 Å². The number of halogens is 5. The Balaban J connectivity index is 3.14. The molecular formula is C11H13BrClF3N2O. The number of hydrogen-bond donors (Lipinski definition) is 0. The van der Waals surface area contributed by atoms with E-state index in [1.807, 2.05) is 0 Å². The zero-order chi connectivity index (χ0) is 14.5. The zero-order valence-corrected chi connectivity index (χ0v) is 12.5. The molecule has 3 nitrogen and oxygen atoms in total. The molecule has 108 valence electrons. The smallest absolute Gasteiger partial charge is 0.383 e. The summed E-state index contributed by atoms with van der Waals surface area (Å²) in [5.74, 6) is 0.0760. The molecule has 8 heteroatoms. The van der Waals surface area contributed by atoms with E-state index in [1.165, 1.54) is 18.2 Å². The van der Waals surface area contributed by atoms with Crippen LogP contribution in [0.1, 0.15) is 5.56 Å². The van der Waals surface area contributed by atoms with Crippen LogP contribution in [0, 0.1) is 0 Å². The SMILES string of the molecule is COCCN(CCCl)c1ncc(Br)cc1C(F)(F)F. The second-order valence-electron chi connectivity index (χ2n) is 3.69. The van der Waals surface area contributed by atoms with E-state index in [-0.39, 0.29) is 22.7 Å². The molecule has 0 saturated carbocycles. The van der Waals surface area contributed by atoms with Crippen molar-refractivity contribution in [1.29, 1.82) is 0 Å². The van der Waals surface area contributed by atoms with Gasteiger partial charge in [0, 0.05) is 36.7 Å². The highest BCUT2D eigenvalue weighted by Crippen LogP contribution is 2.36. The summed E-state index contributed by atoms with van der Waals surface area (Å²) in [6.45, 7) is 0.857. The number of methoxy groups -OCH3 is 1. The van der Waals surface area contributed by atoms with Gasteiger partial charge in [-0.15, -0.1) is 11.6 Å². The predicted octanol–water partition coefficient (Wildman–Crippen LogP) is 3.55. The number of ether oxygens (including phenoxy) is 1. The number of hydrogen-bond acceptors (Lipinski definition) is 3. The molecule has 0 aliphatic rings. The van der Waals surface area contributed by atoms with Crippen LogP contribution in [0.15, 0.2) is 16.7 Å². The molecule has 0 saturated heterocycles. The molecule has 0 aliphatic carbocycles. The summed E-state index contributed by atoms with van der Waals surface area (Å²) in [7, 11) is 1.48. The maximum atomic E-state index is 13.0. The average molecular weight is 362 g/mol. The van der Waals surface area contributed by atoms with Gasteiger partial charge in [0.25, 0.3) is 0 Å². The Labute approximate surface area is 122 Å². The van der Waals surface area contributed by atoms with Gasteiger partial charge in [-0.2, -0.15) is 13.2 Å². The highest BCUT2D eigenvalue weighted by atomic mass is 79.9. The number of alkyl halides is 4. The fourth-order valence-corrected chi connectivity index (χ4v) is 2.06. The molecule has 0 spiro atoms. The van der Waals surface area contributed by atoms with E-state index in [2.05, 4.69) is 20.9 Å². The first-order valence-electron chi connectivity index (χ1n) is 5.42. The van der Waals surface area contributed by atoms with Crippen molar-refractivity contribution >= 4 is 33.3 Å². The normalized spacial score (nSPS) is 11.7. The lowest BCUT2D eigenvalue weighted by Gasteiger charge is -2.25. The average Bonchev–Trinajstić information content (AvgIpc) is 2.33. The van der Waals surface area contributed by atoms with Gasteiger partial charge >= 0.3 is 6.18 Å². The molecular weight excluding hydrogens is 348 g/mol. The van der Waals surface area contributed by atoms with Crippen LogP contribution < -0.4 is 4.90 Å². The van der Waals surface area contributed by atoms with Crippen LogP contribution in [-0.4, -0.2) is 37.7 Å². The molecule has 0 aromatic carbocycles. The molecule has 1 heterocycles. The van der Waals surface area contributed by atoms with Crippen LogP contribution in [0.5, 0.6) is 0 Å². The largest absolute Gasteiger partial charge is 0.419 e. The van der Waals surface area contributed by atoms with E-state index < -0.39 is 11.7 Å². The Hall–Kier alpha value is -0.530. The van der Waals surface area contributed by atoms with Gasteiger partial charge in [-0.05, 0) is 22.0 Å². The van der Waals surface area contributed by atoms with E-state index >= 15 is 0 Å². The van der Waals surface area contributed by atoms with Crippen LogP contribution in [0.3, 0.4) is 0 Å². The van der Waals surface area contributed by atoms with Crippen LogP contribution in [0.2, 0.25) is 0 Å². The van der Waals surface area contributed by atoms with E-state index in [0.29, 0.717) is 13.2 Å². The van der Waals surface area contributed by atoms with Crippen LogP contribution >= 0.6 is 27.5 Å². The van der Waals surface area contributed by atoms with Gasteiger partial charge in [-0.25, -0.2) is 4.98 Å². The minimum absolute atomic E-state index is 0.131. The first-order chi connectivity index (χ1) is 8.90. The predicted molar refractivity (Wildman–Crippen MR) is 71.7 cm³/mol. The van der Waals surface area contributed by atoms with Crippen LogP contribution in [-0.2, 0) is 10.9 Å². The third-order valence-electron chi connectivity index (χ3n) is 2.36. The van der Waals surface area contributed by atoms with Crippen molar-refractivity contribution in [3.05, 3.63) is 22.3 Å². The molecule has 0 fully saturated rings. The lowest BCUT2D eigenvalue weighted by molar-refractivity contribution is -0.137. The van der Waals surface area contributed by atoms with Gasteiger partial charge in [0.05, 0.1) is 12.2 Å². The molecule has 0 atom stereocenters. The molecule has 0 amide bonds. The van der Waals surface area contributed by atoms with Gasteiger partial charge in [0.15, 0.2) is 0 Å². The van der Waals surface area contributed by atoms with Crippen molar-refractivity contribution in [3.63, 3.8) is 0 Å². The molecule has 1 rings (SSSR count). The summed E-state index contributed by atoms with van der Waals surface area (Å²) in [6.07, 6.45) is -3.14. The monoisotopic (exact) mass is 360 g/mol. The summed E-state index contributed by atoms with van der Waals surface area (Å²) in [4.78, 5) is 5.33. The van der Waals surface area contributed by atoms with E-state index in [1.54, 1.807) is 0 Å². The van der Waals surface area contributed by atoms with Crippen molar-refractivity contribution in [2.75, 3.05) is 37.6 Å². The van der Waals surface area contributed by atoms with Gasteiger partial charge in [-0.1, -0.05) is 0 Å². The minimum Gasteiger partial charge on any atom is -0.383 e. The molecule has 19 heavy (non-hydrogen) atoms. The summed E-state index contributed by atoms with van der Waals surface area (Å²) in [5.41, 5.74) is -0.789. The maximum absolute atomic E-state index is 13.0. The van der Waals surface area contributed by atoms with Crippen molar-refractivity contribution in [3.8, 4) is 0 Å². The van der Waals surface area contributed by atoms with Crippen molar-refractivity contribution in [1.82, 2.24) is 4.98 Å². The fourth-order valence-electron chi connectivity index (χ4n) is 1.52. The van der Waals surface area contributed by atoms with Crippen molar-refractivity contribution in [2.24, 2.45) is 0 Å². The first kappa shape index (κ1) is 16.5. The maximum Gasteiger partial charge on any atom is 0.419 e. The number of rotatable bonds is 6. The Morgan fingerprint density at radius 2 is 2.11 bits per heavy atom. The molecule has 0 aliphatic heterocycles. The van der Waals surface area contributed by atoms with Gasteiger partial charge in [0.2, 0.25) is 0 Å². The molecule has 0 unspecified atom stereocenters. The Kier molecular flexibility index (Phi) is 6.35. The Bertz CT molecular complexity index is 417. The Morgan fingerprint density at radius 1 is 1.42 bits per heavy atom. The fraction of sp³-hybridized carbons (Fsp3) is 0.545. The highest BCUT2D eigenvalue weighted by molar-refractivity contribution is 9.10. The number of anilines is 1. The molecule has 1 aromatic rings. The lowest BCUT2D eigenvalue weighted by atomic mass is 10.2. The number of pyridine rings is 1. The summed E-state index contributed by atoms with van der Waals surface area (Å²) in [5, 5.41) is 0. The first-order valence-corrected chi connectivity index (χ1v) is 6.75. The van der Waals surface area contributed by atoms with E-state index in [0.717, 1.165) is 6.07 Å². The summed E-state index contributed by atoms with van der Waals surface area (Å²) in [6, 6.07) is 1.01. The highest BCUT2D eigenvalue weighted by Gasteiger charge is 2.36. The number of aromatic nitrogens is 1. The van der Waals surface area contributed by atoms with E-state index in [4.69, 9.17) is 16.3 Å². The van der Waals surface area contributed by atoms with Crippen molar-refractivity contribution < 1.29 is 17.9 Å². The Morgan fingerprint density at radius 3 is 2.63 bits per heavy atom. The molecule has 1 aromatic heterocycles. The zero-order valence-electron chi connectivity index (χ0n) is 10.2. The van der Waals surface area contributed by atoms with Crippen molar-refractivity contribution in [2.45, 2.75) is 6.18 Å². The molecule has 0 N–H and O–H groups in total. The lowest BCUT2D eigenvalue weighted by Crippen LogP contribution is -2.32. The van der Waals surface area contributed by atoms with Gasteiger partial charge in [-0.3, -0.25) is 0 Å². The third kappa shape index (κ3) is 4.81.